The molecule has 0 saturated heterocycles. The fourth-order valence-corrected chi connectivity index (χ4v) is 2.69. The van der Waals surface area contributed by atoms with Gasteiger partial charge in [0.1, 0.15) is 11.5 Å². The van der Waals surface area contributed by atoms with Gasteiger partial charge in [-0.05, 0) is 47.5 Å². The van der Waals surface area contributed by atoms with Crippen LogP contribution in [0.2, 0.25) is 0 Å². The number of methoxy groups -OCH3 is 1. The standard InChI is InChI=1S/C21H21NO5/c1-14(15-5-6-17-11-18(25-2)8-7-16(17)10-15)21(24)27-13-20(23)22-12-19-4-3-9-26-19/h3-11,14H,12-13H2,1-2H3,(H,22,23)/t14-/m1/s1. The van der Waals surface area contributed by atoms with Gasteiger partial charge in [-0.15, -0.1) is 0 Å². The Labute approximate surface area is 157 Å². The van der Waals surface area contributed by atoms with Gasteiger partial charge in [0, 0.05) is 0 Å². The molecule has 0 radical (unpaired) electrons. The van der Waals surface area contributed by atoms with Gasteiger partial charge in [-0.1, -0.05) is 24.3 Å². The lowest BCUT2D eigenvalue weighted by Crippen LogP contribution is -2.29. The van der Waals surface area contributed by atoms with Crippen LogP contribution in [0.3, 0.4) is 0 Å². The van der Waals surface area contributed by atoms with Crippen LogP contribution in [-0.4, -0.2) is 25.6 Å². The van der Waals surface area contributed by atoms with Crippen LogP contribution < -0.4 is 10.1 Å². The first-order chi connectivity index (χ1) is 13.1. The average Bonchev–Trinajstić information content (AvgIpc) is 3.22. The van der Waals surface area contributed by atoms with Gasteiger partial charge in [0.2, 0.25) is 0 Å². The van der Waals surface area contributed by atoms with Crippen LogP contribution >= 0.6 is 0 Å². The minimum absolute atomic E-state index is 0.257. The smallest absolute Gasteiger partial charge is 0.313 e. The van der Waals surface area contributed by atoms with Crippen molar-refractivity contribution in [3.8, 4) is 5.75 Å². The fourth-order valence-electron chi connectivity index (χ4n) is 2.69. The molecular formula is C21H21NO5. The highest BCUT2D eigenvalue weighted by atomic mass is 16.5. The molecule has 3 aromatic rings. The minimum atomic E-state index is -0.477. The molecule has 140 valence electrons. The number of nitrogens with one attached hydrogen (secondary N) is 1. The molecule has 27 heavy (non-hydrogen) atoms. The molecular weight excluding hydrogens is 346 g/mol. The molecule has 0 fully saturated rings. The van der Waals surface area contributed by atoms with Crippen molar-refractivity contribution in [2.45, 2.75) is 19.4 Å². The fraction of sp³-hybridized carbons (Fsp3) is 0.238. The zero-order valence-corrected chi connectivity index (χ0v) is 15.2. The summed E-state index contributed by atoms with van der Waals surface area (Å²) in [4.78, 5) is 24.1. The van der Waals surface area contributed by atoms with Gasteiger partial charge in [-0.2, -0.15) is 0 Å². The number of furan rings is 1. The maximum Gasteiger partial charge on any atom is 0.313 e. The Morgan fingerprint density at radius 1 is 1.11 bits per heavy atom. The van der Waals surface area contributed by atoms with Gasteiger partial charge < -0.3 is 19.2 Å². The molecule has 1 atom stereocenters. The van der Waals surface area contributed by atoms with Crippen LogP contribution in [0.15, 0.2) is 59.2 Å². The van der Waals surface area contributed by atoms with Crippen LogP contribution in [0.5, 0.6) is 5.75 Å². The SMILES string of the molecule is COc1ccc2cc([C@@H](C)C(=O)OCC(=O)NCc3ccco3)ccc2c1. The topological polar surface area (TPSA) is 77.8 Å². The Hall–Kier alpha value is -3.28. The summed E-state index contributed by atoms with van der Waals surface area (Å²) >= 11 is 0. The van der Waals surface area contributed by atoms with Crippen molar-refractivity contribution in [2.24, 2.45) is 0 Å². The number of carbonyl (C=O) groups is 2. The van der Waals surface area contributed by atoms with Crippen LogP contribution in [0, 0.1) is 0 Å². The Morgan fingerprint density at radius 2 is 1.89 bits per heavy atom. The zero-order chi connectivity index (χ0) is 19.2. The molecule has 0 spiro atoms. The van der Waals surface area contributed by atoms with E-state index in [1.54, 1.807) is 26.2 Å². The number of benzene rings is 2. The van der Waals surface area contributed by atoms with Crippen molar-refractivity contribution in [1.82, 2.24) is 5.32 Å². The molecule has 0 aliphatic carbocycles. The maximum atomic E-state index is 12.3. The molecule has 1 amide bonds. The first-order valence-corrected chi connectivity index (χ1v) is 8.60. The number of fused-ring (bicyclic) bond motifs is 1. The van der Waals surface area contributed by atoms with Gasteiger partial charge >= 0.3 is 5.97 Å². The molecule has 0 saturated carbocycles. The van der Waals surface area contributed by atoms with Crippen LogP contribution in [0.1, 0.15) is 24.2 Å². The third-order valence-electron chi connectivity index (χ3n) is 4.31. The maximum absolute atomic E-state index is 12.3. The van der Waals surface area contributed by atoms with E-state index in [0.29, 0.717) is 5.76 Å². The zero-order valence-electron chi connectivity index (χ0n) is 15.2. The lowest BCUT2D eigenvalue weighted by atomic mass is 9.98. The number of carbonyl (C=O) groups excluding carboxylic acids is 2. The van der Waals surface area contributed by atoms with Crippen LogP contribution in [-0.2, 0) is 20.9 Å². The number of esters is 1. The first-order valence-electron chi connectivity index (χ1n) is 8.60. The number of rotatable bonds is 7. The van der Waals surface area contributed by atoms with E-state index in [9.17, 15) is 9.59 Å². The van der Waals surface area contributed by atoms with Crippen LogP contribution in [0.25, 0.3) is 10.8 Å². The van der Waals surface area contributed by atoms with E-state index in [1.807, 2.05) is 36.4 Å². The summed E-state index contributed by atoms with van der Waals surface area (Å²) in [5.74, 6) is 0.113. The van der Waals surface area contributed by atoms with Crippen molar-refractivity contribution in [3.63, 3.8) is 0 Å². The van der Waals surface area contributed by atoms with Gasteiger partial charge in [0.15, 0.2) is 6.61 Å². The summed E-state index contributed by atoms with van der Waals surface area (Å²) in [6.07, 6.45) is 1.53. The second-order valence-corrected chi connectivity index (χ2v) is 6.16. The van der Waals surface area contributed by atoms with Crippen molar-refractivity contribution < 1.29 is 23.5 Å². The highest BCUT2D eigenvalue weighted by Crippen LogP contribution is 2.25. The van der Waals surface area contributed by atoms with E-state index in [1.165, 1.54) is 6.26 Å². The van der Waals surface area contributed by atoms with Gasteiger partial charge in [0.05, 0.1) is 25.8 Å². The van der Waals surface area contributed by atoms with E-state index in [4.69, 9.17) is 13.9 Å². The number of hydrogen-bond acceptors (Lipinski definition) is 5. The second kappa shape index (κ2) is 8.40. The molecule has 1 N–H and O–H groups in total. The Morgan fingerprint density at radius 3 is 2.63 bits per heavy atom. The lowest BCUT2D eigenvalue weighted by molar-refractivity contribution is -0.149. The van der Waals surface area contributed by atoms with Crippen molar-refractivity contribution in [3.05, 3.63) is 66.1 Å². The van der Waals surface area contributed by atoms with Crippen molar-refractivity contribution in [1.29, 1.82) is 0 Å². The number of hydrogen-bond donors (Lipinski definition) is 1. The van der Waals surface area contributed by atoms with Crippen molar-refractivity contribution >= 4 is 22.6 Å². The van der Waals surface area contributed by atoms with Crippen LogP contribution in [0.4, 0.5) is 0 Å². The Balaban J connectivity index is 1.56. The van der Waals surface area contributed by atoms with E-state index in [-0.39, 0.29) is 19.1 Å². The number of ether oxygens (including phenoxy) is 2. The monoisotopic (exact) mass is 367 g/mol. The van der Waals surface area contributed by atoms with E-state index < -0.39 is 11.9 Å². The molecule has 3 rings (SSSR count). The molecule has 0 aliphatic rings. The number of amides is 1. The molecule has 0 aliphatic heterocycles. The quantitative estimate of drug-likeness (QED) is 0.648. The largest absolute Gasteiger partial charge is 0.497 e. The average molecular weight is 367 g/mol. The second-order valence-electron chi connectivity index (χ2n) is 6.16. The summed E-state index contributed by atoms with van der Waals surface area (Å²) in [5, 5.41) is 4.66. The summed E-state index contributed by atoms with van der Waals surface area (Å²) in [6.45, 7) is 1.69. The van der Waals surface area contributed by atoms with E-state index >= 15 is 0 Å². The molecule has 1 heterocycles. The minimum Gasteiger partial charge on any atom is -0.497 e. The normalized spacial score (nSPS) is 11.8. The van der Waals surface area contributed by atoms with Gasteiger partial charge in [-0.3, -0.25) is 9.59 Å². The van der Waals surface area contributed by atoms with Crippen molar-refractivity contribution in [2.75, 3.05) is 13.7 Å². The summed E-state index contributed by atoms with van der Waals surface area (Å²) in [5.41, 5.74) is 0.827. The predicted molar refractivity (Wildman–Crippen MR) is 100 cm³/mol. The third-order valence-corrected chi connectivity index (χ3v) is 4.31. The molecule has 0 bridgehead atoms. The summed E-state index contributed by atoms with van der Waals surface area (Å²) in [6, 6.07) is 15.0. The lowest BCUT2D eigenvalue weighted by Gasteiger charge is -2.13. The van der Waals surface area contributed by atoms with E-state index in [0.717, 1.165) is 22.1 Å². The molecule has 2 aromatic carbocycles. The Kier molecular flexibility index (Phi) is 5.76. The van der Waals surface area contributed by atoms with E-state index in [2.05, 4.69) is 5.32 Å². The Bertz CT molecular complexity index is 933. The third kappa shape index (κ3) is 4.67. The highest BCUT2D eigenvalue weighted by molar-refractivity contribution is 5.87. The highest BCUT2D eigenvalue weighted by Gasteiger charge is 2.18. The summed E-state index contributed by atoms with van der Waals surface area (Å²) < 4.78 is 15.5. The summed E-state index contributed by atoms with van der Waals surface area (Å²) in [7, 11) is 1.62. The molecule has 1 aromatic heterocycles. The predicted octanol–water partition coefficient (Wildman–Crippen LogP) is 3.40. The van der Waals surface area contributed by atoms with Gasteiger partial charge in [0.25, 0.3) is 5.91 Å². The molecule has 6 heteroatoms. The molecule has 0 unspecified atom stereocenters. The first kappa shape index (κ1) is 18.5. The van der Waals surface area contributed by atoms with Gasteiger partial charge in [-0.25, -0.2) is 0 Å². The molecule has 6 nitrogen and oxygen atoms in total.